The van der Waals surface area contributed by atoms with Crippen LogP contribution in [0.5, 0.6) is 0 Å². The van der Waals surface area contributed by atoms with Crippen molar-refractivity contribution in [3.8, 4) is 11.4 Å². The van der Waals surface area contributed by atoms with Gasteiger partial charge in [0.25, 0.3) is 0 Å². The number of nitrogens with one attached hydrogen (secondary N) is 1. The number of H-pyrrole nitrogens is 1. The van der Waals surface area contributed by atoms with Crippen molar-refractivity contribution in [2.45, 2.75) is 19.8 Å². The zero-order chi connectivity index (χ0) is 13.1. The van der Waals surface area contributed by atoms with E-state index < -0.39 is 5.97 Å². The zero-order valence-corrected chi connectivity index (χ0v) is 11.5. The first-order valence-electron chi connectivity index (χ1n) is 5.59. The van der Waals surface area contributed by atoms with Gasteiger partial charge in [0.1, 0.15) is 10.4 Å². The summed E-state index contributed by atoms with van der Waals surface area (Å²) in [6, 6.07) is 8.01. The normalized spacial score (nSPS) is 10.6. The summed E-state index contributed by atoms with van der Waals surface area (Å²) in [5.74, 6) is -0.0596. The topological polar surface area (TPSA) is 66.0 Å². The van der Waals surface area contributed by atoms with Crippen LogP contribution in [0, 0.1) is 6.92 Å². The van der Waals surface area contributed by atoms with Crippen LogP contribution in [0.25, 0.3) is 11.4 Å². The number of nitrogens with zero attached hydrogens (tertiary/aromatic N) is 1. The van der Waals surface area contributed by atoms with Crippen LogP contribution in [0.1, 0.15) is 17.7 Å². The van der Waals surface area contributed by atoms with E-state index >= 15 is 0 Å². The van der Waals surface area contributed by atoms with E-state index in [9.17, 15) is 4.79 Å². The molecule has 0 saturated heterocycles. The molecule has 0 radical (unpaired) electrons. The molecular weight excluding hydrogens is 296 g/mol. The van der Waals surface area contributed by atoms with Gasteiger partial charge in [-0.15, -0.1) is 0 Å². The largest absolute Gasteiger partial charge is 0.481 e. The number of imidazole rings is 1. The molecule has 18 heavy (non-hydrogen) atoms. The van der Waals surface area contributed by atoms with Gasteiger partial charge in [-0.25, -0.2) is 4.98 Å². The minimum absolute atomic E-state index is 0.0914. The first-order chi connectivity index (χ1) is 8.56. The first-order valence-corrected chi connectivity index (χ1v) is 6.39. The van der Waals surface area contributed by atoms with Gasteiger partial charge >= 0.3 is 5.97 Å². The molecular formula is C13H13BrN2O2. The Balaban J connectivity index is 2.22. The molecule has 4 nitrogen and oxygen atoms in total. The molecule has 2 N–H and O–H groups in total. The number of halogens is 1. The first kappa shape index (κ1) is 12.8. The van der Waals surface area contributed by atoms with Crippen molar-refractivity contribution in [1.29, 1.82) is 0 Å². The van der Waals surface area contributed by atoms with Gasteiger partial charge in [-0.3, -0.25) is 4.79 Å². The molecule has 1 heterocycles. The van der Waals surface area contributed by atoms with Crippen molar-refractivity contribution < 1.29 is 9.90 Å². The maximum absolute atomic E-state index is 10.5. The highest BCUT2D eigenvalue weighted by Crippen LogP contribution is 2.22. The smallest absolute Gasteiger partial charge is 0.303 e. The van der Waals surface area contributed by atoms with Gasteiger partial charge < -0.3 is 10.1 Å². The summed E-state index contributed by atoms with van der Waals surface area (Å²) >= 11 is 3.34. The van der Waals surface area contributed by atoms with E-state index in [4.69, 9.17) is 5.11 Å². The quantitative estimate of drug-likeness (QED) is 0.911. The van der Waals surface area contributed by atoms with Gasteiger partial charge in [0.2, 0.25) is 0 Å². The molecule has 2 aromatic rings. The van der Waals surface area contributed by atoms with E-state index in [1.165, 1.54) is 5.56 Å². The summed E-state index contributed by atoms with van der Waals surface area (Å²) in [4.78, 5) is 18.1. The monoisotopic (exact) mass is 308 g/mol. The Morgan fingerprint density at radius 2 is 2.06 bits per heavy atom. The van der Waals surface area contributed by atoms with Crippen LogP contribution in [0.15, 0.2) is 28.9 Å². The van der Waals surface area contributed by atoms with Crippen LogP contribution in [-0.2, 0) is 11.2 Å². The molecule has 0 bridgehead atoms. The Morgan fingerprint density at radius 3 is 2.67 bits per heavy atom. The molecule has 0 unspecified atom stereocenters. The van der Waals surface area contributed by atoms with Crippen LogP contribution in [0.4, 0.5) is 0 Å². The maximum Gasteiger partial charge on any atom is 0.303 e. The number of aryl methyl sites for hydroxylation is 2. The number of aliphatic carboxylic acids is 1. The van der Waals surface area contributed by atoms with Crippen LogP contribution in [-0.4, -0.2) is 21.0 Å². The number of aromatic amines is 1. The fourth-order valence-corrected chi connectivity index (χ4v) is 2.11. The molecule has 0 aliphatic rings. The third-order valence-corrected chi connectivity index (χ3v) is 3.30. The summed E-state index contributed by atoms with van der Waals surface area (Å²) in [6.45, 7) is 2.03. The second-order valence-electron chi connectivity index (χ2n) is 4.11. The van der Waals surface area contributed by atoms with Crippen molar-refractivity contribution in [3.63, 3.8) is 0 Å². The summed E-state index contributed by atoms with van der Waals surface area (Å²) in [6.07, 6.45) is 0.531. The lowest BCUT2D eigenvalue weighted by Crippen LogP contribution is -1.98. The number of hydrogen-bond donors (Lipinski definition) is 2. The Kier molecular flexibility index (Phi) is 3.81. The number of benzene rings is 1. The highest BCUT2D eigenvalue weighted by atomic mass is 79.9. The number of hydrogen-bond acceptors (Lipinski definition) is 2. The van der Waals surface area contributed by atoms with Crippen molar-refractivity contribution in [1.82, 2.24) is 9.97 Å². The van der Waals surface area contributed by atoms with Gasteiger partial charge in [-0.2, -0.15) is 0 Å². The SMILES string of the molecule is Cc1ccc(-c2nc(Br)c(CCC(=O)O)[nH]2)cc1. The van der Waals surface area contributed by atoms with Crippen molar-refractivity contribution >= 4 is 21.9 Å². The molecule has 2 rings (SSSR count). The number of aromatic nitrogens is 2. The molecule has 5 heteroatoms. The standard InChI is InChI=1S/C13H13BrN2O2/c1-8-2-4-9(5-3-8)13-15-10(12(14)16-13)6-7-11(17)18/h2-5H,6-7H2,1H3,(H,15,16)(H,17,18). The zero-order valence-electron chi connectivity index (χ0n) is 9.90. The molecule has 0 spiro atoms. The Hall–Kier alpha value is -1.62. The molecule has 0 amide bonds. The third kappa shape index (κ3) is 2.98. The molecule has 0 aliphatic heterocycles. The summed E-state index contributed by atoms with van der Waals surface area (Å²) < 4.78 is 0.680. The average Bonchev–Trinajstić information content (AvgIpc) is 2.69. The van der Waals surface area contributed by atoms with Gasteiger partial charge in [-0.1, -0.05) is 29.8 Å². The predicted octanol–water partition coefficient (Wildman–Crippen LogP) is 3.16. The summed E-state index contributed by atoms with van der Waals surface area (Å²) in [5, 5.41) is 8.67. The maximum atomic E-state index is 10.5. The minimum atomic E-state index is -0.812. The molecule has 0 atom stereocenters. The molecule has 94 valence electrons. The Labute approximate surface area is 113 Å². The van der Waals surface area contributed by atoms with Gasteiger partial charge in [0, 0.05) is 12.0 Å². The van der Waals surface area contributed by atoms with Gasteiger partial charge in [-0.05, 0) is 22.9 Å². The summed E-state index contributed by atoms with van der Waals surface area (Å²) in [7, 11) is 0. The average molecular weight is 309 g/mol. The fourth-order valence-electron chi connectivity index (χ4n) is 1.63. The second kappa shape index (κ2) is 5.35. The number of carboxylic acids is 1. The van der Waals surface area contributed by atoms with Crippen molar-refractivity contribution in [2.24, 2.45) is 0 Å². The van der Waals surface area contributed by atoms with E-state index in [1.807, 2.05) is 31.2 Å². The molecule has 0 fully saturated rings. The molecule has 0 saturated carbocycles. The lowest BCUT2D eigenvalue weighted by molar-refractivity contribution is -0.136. The van der Waals surface area contributed by atoms with Crippen LogP contribution >= 0.6 is 15.9 Å². The third-order valence-electron chi connectivity index (χ3n) is 2.64. The van der Waals surface area contributed by atoms with E-state index in [2.05, 4.69) is 25.9 Å². The number of carboxylic acid groups (broad SMARTS) is 1. The summed E-state index contributed by atoms with van der Waals surface area (Å²) in [5.41, 5.74) is 2.99. The second-order valence-corrected chi connectivity index (χ2v) is 4.87. The Bertz CT molecular complexity index is 561. The van der Waals surface area contributed by atoms with E-state index in [0.29, 0.717) is 11.0 Å². The van der Waals surface area contributed by atoms with Crippen LogP contribution in [0.3, 0.4) is 0 Å². The number of carbonyl (C=O) groups is 1. The molecule has 1 aromatic carbocycles. The Morgan fingerprint density at radius 1 is 1.39 bits per heavy atom. The van der Waals surface area contributed by atoms with Crippen LogP contribution < -0.4 is 0 Å². The predicted molar refractivity (Wildman–Crippen MR) is 72.4 cm³/mol. The van der Waals surface area contributed by atoms with E-state index in [0.717, 1.165) is 17.1 Å². The fraction of sp³-hybridized carbons (Fsp3) is 0.231. The minimum Gasteiger partial charge on any atom is -0.481 e. The van der Waals surface area contributed by atoms with E-state index in [1.54, 1.807) is 0 Å². The molecule has 0 aliphatic carbocycles. The van der Waals surface area contributed by atoms with Crippen molar-refractivity contribution in [3.05, 3.63) is 40.1 Å². The van der Waals surface area contributed by atoms with Gasteiger partial charge in [0.15, 0.2) is 0 Å². The lowest BCUT2D eigenvalue weighted by Gasteiger charge is -1.97. The van der Waals surface area contributed by atoms with Crippen molar-refractivity contribution in [2.75, 3.05) is 0 Å². The van der Waals surface area contributed by atoms with E-state index in [-0.39, 0.29) is 6.42 Å². The van der Waals surface area contributed by atoms with Gasteiger partial charge in [0.05, 0.1) is 12.1 Å². The lowest BCUT2D eigenvalue weighted by atomic mass is 10.1. The molecule has 1 aromatic heterocycles. The number of rotatable bonds is 4. The highest BCUT2D eigenvalue weighted by molar-refractivity contribution is 9.10. The van der Waals surface area contributed by atoms with Crippen LogP contribution in [0.2, 0.25) is 0 Å². The highest BCUT2D eigenvalue weighted by Gasteiger charge is 2.10.